The van der Waals surface area contributed by atoms with E-state index in [1.54, 1.807) is 18.2 Å². The lowest BCUT2D eigenvalue weighted by Gasteiger charge is -2.17. The first-order valence-corrected chi connectivity index (χ1v) is 6.65. The summed E-state index contributed by atoms with van der Waals surface area (Å²) in [6.07, 6.45) is 1.92. The van der Waals surface area contributed by atoms with E-state index in [9.17, 15) is 4.79 Å². The van der Waals surface area contributed by atoms with Crippen LogP contribution in [-0.2, 0) is 0 Å². The molecule has 0 aliphatic carbocycles. The van der Waals surface area contributed by atoms with Gasteiger partial charge >= 0.3 is 0 Å². The molecule has 5 nitrogen and oxygen atoms in total. The van der Waals surface area contributed by atoms with Crippen molar-refractivity contribution in [2.24, 2.45) is 0 Å². The normalized spacial score (nSPS) is 9.26. The van der Waals surface area contributed by atoms with Crippen molar-refractivity contribution in [3.8, 4) is 17.9 Å². The Morgan fingerprint density at radius 2 is 2.00 bits per heavy atom. The first kappa shape index (κ1) is 14.9. The van der Waals surface area contributed by atoms with Crippen LogP contribution in [0.1, 0.15) is 10.4 Å². The molecule has 1 rings (SSSR count). The fourth-order valence-corrected chi connectivity index (χ4v) is 1.94. The summed E-state index contributed by atoms with van der Waals surface area (Å²) in [6, 6.07) is 8.95. The number of hydrogen-bond donors (Lipinski definition) is 0. The molecule has 0 aliphatic rings. The van der Waals surface area contributed by atoms with Crippen LogP contribution in [0.2, 0.25) is 0 Å². The Hall–Kier alpha value is -2.18. The average Bonchev–Trinajstić information content (AvgIpc) is 2.45. The number of nitrogens with zero attached hydrogens (tertiary/aromatic N) is 3. The molecule has 0 N–H and O–H groups in total. The van der Waals surface area contributed by atoms with Crippen LogP contribution in [0.5, 0.6) is 5.75 Å². The Kier molecular flexibility index (Phi) is 5.72. The Labute approximate surface area is 116 Å². The van der Waals surface area contributed by atoms with Gasteiger partial charge in [0.2, 0.25) is 0 Å². The Balaban J connectivity index is 3.11. The van der Waals surface area contributed by atoms with Gasteiger partial charge in [0.15, 0.2) is 0 Å². The zero-order valence-electron chi connectivity index (χ0n) is 10.7. The van der Waals surface area contributed by atoms with Gasteiger partial charge in [0.25, 0.3) is 5.91 Å². The number of carbonyl (C=O) groups excluding carboxylic acids is 1. The highest BCUT2D eigenvalue weighted by molar-refractivity contribution is 7.98. The van der Waals surface area contributed by atoms with Gasteiger partial charge in [-0.05, 0) is 24.5 Å². The molecule has 0 saturated carbocycles. The molecule has 0 spiro atoms. The van der Waals surface area contributed by atoms with Crippen LogP contribution < -0.4 is 4.74 Å². The van der Waals surface area contributed by atoms with E-state index < -0.39 is 0 Å². The van der Waals surface area contributed by atoms with E-state index in [-0.39, 0.29) is 19.0 Å². The predicted octanol–water partition coefficient (Wildman–Crippen LogP) is 1.91. The molecule has 0 bridgehead atoms. The minimum absolute atomic E-state index is 0.125. The molecular weight excluding hydrogens is 262 g/mol. The molecule has 98 valence electrons. The Bertz CT molecular complexity index is 530. The predicted molar refractivity (Wildman–Crippen MR) is 71.9 cm³/mol. The summed E-state index contributed by atoms with van der Waals surface area (Å²) in [5.74, 6) is 0.0605. The van der Waals surface area contributed by atoms with Crippen LogP contribution in [0.3, 0.4) is 0 Å². The summed E-state index contributed by atoms with van der Waals surface area (Å²) in [6.45, 7) is -0.250. The van der Waals surface area contributed by atoms with Crippen molar-refractivity contribution >= 4 is 17.7 Å². The zero-order chi connectivity index (χ0) is 14.3. The molecule has 0 atom stereocenters. The summed E-state index contributed by atoms with van der Waals surface area (Å²) in [4.78, 5) is 14.4. The number of benzene rings is 1. The van der Waals surface area contributed by atoms with Gasteiger partial charge in [0, 0.05) is 4.90 Å². The van der Waals surface area contributed by atoms with Gasteiger partial charge < -0.3 is 9.64 Å². The van der Waals surface area contributed by atoms with E-state index in [0.717, 1.165) is 4.90 Å². The highest BCUT2D eigenvalue weighted by Gasteiger charge is 2.19. The van der Waals surface area contributed by atoms with Gasteiger partial charge in [-0.1, -0.05) is 0 Å². The summed E-state index contributed by atoms with van der Waals surface area (Å²) < 4.78 is 5.19. The van der Waals surface area contributed by atoms with Crippen LogP contribution in [0, 0.1) is 22.7 Å². The van der Waals surface area contributed by atoms with Crippen LogP contribution in [0.4, 0.5) is 0 Å². The van der Waals surface area contributed by atoms with Crippen LogP contribution >= 0.6 is 11.8 Å². The molecule has 19 heavy (non-hydrogen) atoms. The minimum Gasteiger partial charge on any atom is -0.496 e. The largest absolute Gasteiger partial charge is 0.496 e. The lowest BCUT2D eigenvalue weighted by atomic mass is 10.1. The fraction of sp³-hybridized carbons (Fsp3) is 0.308. The number of rotatable bonds is 5. The third kappa shape index (κ3) is 3.64. The number of carbonyl (C=O) groups is 1. The van der Waals surface area contributed by atoms with Gasteiger partial charge in [-0.25, -0.2) is 0 Å². The molecule has 0 aliphatic heterocycles. The van der Waals surface area contributed by atoms with Crippen LogP contribution in [-0.4, -0.2) is 37.3 Å². The first-order chi connectivity index (χ1) is 9.17. The Morgan fingerprint density at radius 1 is 1.37 bits per heavy atom. The number of amides is 1. The monoisotopic (exact) mass is 275 g/mol. The molecule has 0 unspecified atom stereocenters. The molecule has 1 amide bonds. The maximum Gasteiger partial charge on any atom is 0.259 e. The number of nitriles is 2. The van der Waals surface area contributed by atoms with Crippen molar-refractivity contribution in [3.63, 3.8) is 0 Å². The smallest absolute Gasteiger partial charge is 0.259 e. The second-order valence-corrected chi connectivity index (χ2v) is 4.42. The van der Waals surface area contributed by atoms with Crippen LogP contribution in [0.15, 0.2) is 23.1 Å². The second-order valence-electron chi connectivity index (χ2n) is 3.54. The number of methoxy groups -OCH3 is 1. The average molecular weight is 275 g/mol. The van der Waals surface area contributed by atoms with Gasteiger partial charge in [-0.3, -0.25) is 4.79 Å². The van der Waals surface area contributed by atoms with Crippen molar-refractivity contribution in [1.29, 1.82) is 10.5 Å². The van der Waals surface area contributed by atoms with Crippen LogP contribution in [0.25, 0.3) is 0 Å². The molecule has 1 aromatic rings. The molecule has 0 fully saturated rings. The molecule has 0 aromatic heterocycles. The van der Waals surface area contributed by atoms with E-state index in [1.807, 2.05) is 18.4 Å². The maximum atomic E-state index is 12.2. The van der Waals surface area contributed by atoms with Gasteiger partial charge in [-0.2, -0.15) is 10.5 Å². The zero-order valence-corrected chi connectivity index (χ0v) is 11.5. The van der Waals surface area contributed by atoms with E-state index in [2.05, 4.69) is 0 Å². The quantitative estimate of drug-likeness (QED) is 0.606. The van der Waals surface area contributed by atoms with E-state index in [1.165, 1.54) is 23.8 Å². The number of ether oxygens (including phenoxy) is 1. The third-order valence-corrected chi connectivity index (χ3v) is 3.17. The van der Waals surface area contributed by atoms with E-state index in [0.29, 0.717) is 11.3 Å². The molecule has 6 heteroatoms. The SMILES string of the molecule is COc1cc(SC)ccc1C(=O)N(CC#N)CC#N. The molecular formula is C13H13N3O2S. The second kappa shape index (κ2) is 7.30. The van der Waals surface area contributed by atoms with Crippen molar-refractivity contribution < 1.29 is 9.53 Å². The van der Waals surface area contributed by atoms with Gasteiger partial charge in [0.05, 0.1) is 24.8 Å². The highest BCUT2D eigenvalue weighted by atomic mass is 32.2. The van der Waals surface area contributed by atoms with Crippen molar-refractivity contribution in [3.05, 3.63) is 23.8 Å². The standard InChI is InChI=1S/C13H13N3O2S/c1-18-12-9-10(19-2)3-4-11(12)13(17)16(7-5-14)8-6-15/h3-4,9H,7-8H2,1-2H3. The summed E-state index contributed by atoms with van der Waals surface area (Å²) in [5.41, 5.74) is 0.353. The first-order valence-electron chi connectivity index (χ1n) is 5.43. The van der Waals surface area contributed by atoms with Crippen molar-refractivity contribution in [2.75, 3.05) is 26.5 Å². The molecule has 0 radical (unpaired) electrons. The van der Waals surface area contributed by atoms with Gasteiger partial charge in [-0.15, -0.1) is 11.8 Å². The molecule has 1 aromatic carbocycles. The third-order valence-electron chi connectivity index (χ3n) is 2.45. The summed E-state index contributed by atoms with van der Waals surface area (Å²) in [5, 5.41) is 17.4. The maximum absolute atomic E-state index is 12.2. The number of hydrogen-bond acceptors (Lipinski definition) is 5. The summed E-state index contributed by atoms with van der Waals surface area (Å²) in [7, 11) is 1.48. The Morgan fingerprint density at radius 3 is 2.47 bits per heavy atom. The van der Waals surface area contributed by atoms with Crippen molar-refractivity contribution in [1.82, 2.24) is 4.90 Å². The molecule has 0 heterocycles. The number of thioether (sulfide) groups is 1. The lowest BCUT2D eigenvalue weighted by molar-refractivity contribution is 0.0791. The lowest BCUT2D eigenvalue weighted by Crippen LogP contribution is -2.32. The minimum atomic E-state index is -0.382. The van der Waals surface area contributed by atoms with Crippen molar-refractivity contribution in [2.45, 2.75) is 4.90 Å². The fourth-order valence-electron chi connectivity index (χ4n) is 1.52. The van der Waals surface area contributed by atoms with E-state index >= 15 is 0 Å². The summed E-state index contributed by atoms with van der Waals surface area (Å²) >= 11 is 1.54. The molecule has 0 saturated heterocycles. The van der Waals surface area contributed by atoms with E-state index in [4.69, 9.17) is 15.3 Å². The van der Waals surface area contributed by atoms with Gasteiger partial charge in [0.1, 0.15) is 18.8 Å². The topological polar surface area (TPSA) is 77.1 Å². The highest BCUT2D eigenvalue weighted by Crippen LogP contribution is 2.26.